The number of hydrogen-bond acceptors (Lipinski definition) is 5. The smallest absolute Gasteiger partial charge is 0.137 e. The van der Waals surface area contributed by atoms with Gasteiger partial charge in [-0.25, -0.2) is 4.98 Å². The summed E-state index contributed by atoms with van der Waals surface area (Å²) in [6.45, 7) is 38.2. The van der Waals surface area contributed by atoms with Crippen LogP contribution in [0, 0.1) is 23.7 Å². The van der Waals surface area contributed by atoms with Gasteiger partial charge in [-0.3, -0.25) is 4.90 Å². The monoisotopic (exact) mass is 1700 g/mol. The van der Waals surface area contributed by atoms with E-state index in [0.29, 0.717) is 23.7 Å². The molecule has 0 amide bonds. The molecule has 0 N–H and O–H groups in total. The van der Waals surface area contributed by atoms with Gasteiger partial charge in [0.05, 0.1) is 28.4 Å². The van der Waals surface area contributed by atoms with Gasteiger partial charge < -0.3 is 14.7 Å². The van der Waals surface area contributed by atoms with E-state index in [0.717, 1.165) is 95.0 Å². The Labute approximate surface area is 775 Å². The fourth-order valence-corrected chi connectivity index (χ4v) is 26.9. The summed E-state index contributed by atoms with van der Waals surface area (Å²) in [5.74, 6) is 2.81. The molecule has 1 fully saturated rings. The van der Waals surface area contributed by atoms with Crippen LogP contribution in [0.2, 0.25) is 0 Å². The first-order valence-electron chi connectivity index (χ1n) is 49.5. The van der Waals surface area contributed by atoms with Crippen LogP contribution in [-0.4, -0.2) is 9.88 Å². The summed E-state index contributed by atoms with van der Waals surface area (Å²) < 4.78 is 0. The molecule has 3 aliphatic heterocycles. The zero-order valence-electron chi connectivity index (χ0n) is 79.4. The first-order chi connectivity index (χ1) is 62.9. The van der Waals surface area contributed by atoms with E-state index in [1.807, 2.05) is 0 Å². The van der Waals surface area contributed by atoms with Crippen molar-refractivity contribution >= 4 is 56.7 Å². The molecule has 5 unspecified atom stereocenters. The molecule has 22 rings (SSSR count). The molecule has 1 saturated carbocycles. The lowest BCUT2D eigenvalue weighted by Gasteiger charge is -2.46. The minimum absolute atomic E-state index is 0.00372. The van der Waals surface area contributed by atoms with E-state index in [-0.39, 0.29) is 38.4 Å². The van der Waals surface area contributed by atoms with Crippen LogP contribution in [-0.2, 0) is 32.5 Å². The highest BCUT2D eigenvalue weighted by molar-refractivity contribution is 5.91. The highest BCUT2D eigenvalue weighted by atomic mass is 15.2. The van der Waals surface area contributed by atoms with Crippen molar-refractivity contribution in [2.45, 2.75) is 244 Å². The average molecular weight is 1700 g/mol. The molecule has 5 nitrogen and oxygen atoms in total. The Bertz CT molecular complexity index is 6660. The Balaban J connectivity index is 0.521. The van der Waals surface area contributed by atoms with E-state index in [2.05, 4.69) is 402 Å². The van der Waals surface area contributed by atoms with E-state index in [1.165, 1.54) is 216 Å². The van der Waals surface area contributed by atoms with Crippen LogP contribution in [0.15, 0.2) is 370 Å². The number of aromatic nitrogens is 1. The largest absolute Gasteiger partial charge is 0.314 e. The zero-order valence-corrected chi connectivity index (χ0v) is 79.4. The fourth-order valence-electron chi connectivity index (χ4n) is 26.9. The Kier molecular flexibility index (Phi) is 20.5. The predicted molar refractivity (Wildman–Crippen MR) is 548 cm³/mol. The first kappa shape index (κ1) is 83.8. The Morgan fingerprint density at radius 1 is 0.485 bits per heavy atom. The molecule has 0 bridgehead atoms. The summed E-state index contributed by atoms with van der Waals surface area (Å²) in [7, 11) is 0. The molecular formula is C125H129N5. The van der Waals surface area contributed by atoms with Crippen LogP contribution >= 0.6 is 0 Å². The number of hydrogen-bond donors (Lipinski definition) is 0. The molecule has 15 aliphatic rings. The van der Waals surface area contributed by atoms with Crippen molar-refractivity contribution in [2.24, 2.45) is 23.7 Å². The number of pyridine rings is 1. The number of benzene rings is 6. The number of allylic oxidation sites excluding steroid dienone is 38. The molecule has 5 heteroatoms. The van der Waals surface area contributed by atoms with Gasteiger partial charge in [0.1, 0.15) is 5.82 Å². The lowest BCUT2D eigenvalue weighted by atomic mass is 9.68. The number of anilines is 7. The van der Waals surface area contributed by atoms with Crippen LogP contribution in [0.4, 0.5) is 39.9 Å². The van der Waals surface area contributed by atoms with Crippen LogP contribution in [0.1, 0.15) is 273 Å². The zero-order chi connectivity index (χ0) is 89.2. The SMILES string of the molecule is C=CC1=C(C=CC)C(C)(C)c2ccccc2N1c1ccc2c(c1)C(C)(C)C1CC(C=CC3=CC=C4c5ccc(N6C7=C(C=CCC7C)C(C)(C)c7cc(C8CC=CC(N(C9=CCCC(C%10=CC=C(C=CC%11=CC=C%12c%13ccc(N%14c%15ccccc%15C(C)(C)c%15ccccc%15%14)cc%13C(C)(C)C%12C%11)CC%10)=C9)C9=C(CC)C=CCC9)=C8CC)ccc76)nc5C5(CCCC5)C4C3)=CC=C21. The summed E-state index contributed by atoms with van der Waals surface area (Å²) in [6, 6.07) is 54.2. The third kappa shape index (κ3) is 13.1. The summed E-state index contributed by atoms with van der Waals surface area (Å²) in [6.07, 6.45) is 74.1. The van der Waals surface area contributed by atoms with E-state index < -0.39 is 0 Å². The lowest BCUT2D eigenvalue weighted by Crippen LogP contribution is -2.38. The van der Waals surface area contributed by atoms with Crippen LogP contribution < -0.4 is 14.7 Å². The van der Waals surface area contributed by atoms with Crippen molar-refractivity contribution in [3.05, 3.63) is 431 Å². The van der Waals surface area contributed by atoms with Gasteiger partial charge in [0, 0.05) is 78.9 Å². The molecular weight excluding hydrogens is 1570 g/mol. The summed E-state index contributed by atoms with van der Waals surface area (Å²) >= 11 is 0. The molecule has 7 aromatic rings. The average Bonchev–Trinajstić information content (AvgIpc) is 1.37. The van der Waals surface area contributed by atoms with Crippen molar-refractivity contribution in [1.29, 1.82) is 0 Å². The summed E-state index contributed by atoms with van der Waals surface area (Å²) in [5, 5.41) is 0. The molecule has 4 heterocycles. The second-order valence-corrected chi connectivity index (χ2v) is 42.7. The first-order valence-corrected chi connectivity index (χ1v) is 49.5. The van der Waals surface area contributed by atoms with Crippen molar-refractivity contribution in [2.75, 3.05) is 14.7 Å². The summed E-state index contributed by atoms with van der Waals surface area (Å²) in [4.78, 5) is 16.5. The van der Waals surface area contributed by atoms with Gasteiger partial charge in [-0.15, -0.1) is 0 Å². The van der Waals surface area contributed by atoms with Crippen molar-refractivity contribution in [3.63, 3.8) is 0 Å². The number of nitrogens with zero attached hydrogens (tertiary/aromatic N) is 5. The van der Waals surface area contributed by atoms with Crippen molar-refractivity contribution in [3.8, 4) is 0 Å². The van der Waals surface area contributed by atoms with Gasteiger partial charge in [-0.05, 0) is 333 Å². The van der Waals surface area contributed by atoms with E-state index in [9.17, 15) is 0 Å². The Morgan fingerprint density at radius 2 is 1.06 bits per heavy atom. The molecule has 654 valence electrons. The highest BCUT2D eigenvalue weighted by Crippen LogP contribution is 2.65. The van der Waals surface area contributed by atoms with Crippen LogP contribution in [0.3, 0.4) is 0 Å². The second kappa shape index (κ2) is 31.8. The molecule has 5 atom stereocenters. The quantitative estimate of drug-likeness (QED) is 0.0961. The topological polar surface area (TPSA) is 25.9 Å². The third-order valence-corrected chi connectivity index (χ3v) is 34.0. The molecule has 1 aromatic heterocycles. The number of fused-ring (bicyclic) bond motifs is 15. The fraction of sp³-hybridized carbons (Fsp3) is 0.336. The molecule has 1 spiro atoms. The van der Waals surface area contributed by atoms with Crippen LogP contribution in [0.5, 0.6) is 0 Å². The molecule has 130 heavy (non-hydrogen) atoms. The lowest BCUT2D eigenvalue weighted by molar-refractivity contribution is 0.340. The maximum Gasteiger partial charge on any atom is 0.137 e. The minimum atomic E-state index is -0.241. The third-order valence-electron chi connectivity index (χ3n) is 34.0. The van der Waals surface area contributed by atoms with Gasteiger partial charge in [0.15, 0.2) is 0 Å². The van der Waals surface area contributed by atoms with Gasteiger partial charge in [-0.1, -0.05) is 310 Å². The van der Waals surface area contributed by atoms with Crippen molar-refractivity contribution in [1.82, 2.24) is 9.88 Å². The molecule has 0 saturated heterocycles. The Hall–Kier alpha value is -11.8. The van der Waals surface area contributed by atoms with Crippen molar-refractivity contribution < 1.29 is 0 Å². The van der Waals surface area contributed by atoms with Gasteiger partial charge in [-0.2, -0.15) is 0 Å². The summed E-state index contributed by atoms with van der Waals surface area (Å²) in [5.41, 5.74) is 47.7. The molecule has 12 aliphatic carbocycles. The van der Waals surface area contributed by atoms with Gasteiger partial charge in [0.2, 0.25) is 0 Å². The normalized spacial score (nSPS) is 24.6. The van der Waals surface area contributed by atoms with E-state index >= 15 is 0 Å². The maximum atomic E-state index is 6.15. The number of para-hydroxylation sites is 3. The van der Waals surface area contributed by atoms with E-state index in [1.54, 1.807) is 0 Å². The minimum Gasteiger partial charge on any atom is -0.314 e. The molecule has 6 aromatic carbocycles. The number of rotatable bonds is 16. The molecule has 0 radical (unpaired) electrons. The standard InChI is InChI=1S/C125H129N5/c1-16-33-99-110(19-4)127(113-44-25-21-39-100(113)120(99,6)7)89-60-65-95-94-63-55-82(73-105(94)123(12,13)106(95)77-89)50-51-83-56-64-97-98-67-69-117(126-119(98)125(108(97)74-83)70-28-29-71-125)130-116-68-59-87(76-109(116)122(10,11)103-42-30-34-79(5)118(103)130)92-38-32-47-112(91(92)18-3)128(111-43-24-20-35-84(111)17-2)88-37-31-36-86(75-88)85-57-52-80(53-58-85)48-49-81-54-62-93-96-66-61-90(78-107(96)124(14,15)104(93)72-81)129-114-45-26-22-40-101(114)121(8,9)102-41-23-27-46-115(102)129/h16,19-23,25-27,30,32-33,35,37,39-42,44-52,54-57,59-69,75-79,92,104-105,108H,4,17-18,24,28-29,31,34,36,38,43,53,58,70-74H2,1-3,5-15H3. The second-order valence-electron chi connectivity index (χ2n) is 42.7. The maximum absolute atomic E-state index is 6.15. The van der Waals surface area contributed by atoms with Gasteiger partial charge >= 0.3 is 0 Å². The van der Waals surface area contributed by atoms with Gasteiger partial charge in [0.25, 0.3) is 0 Å². The highest BCUT2D eigenvalue weighted by Gasteiger charge is 2.55. The Morgan fingerprint density at radius 3 is 1.68 bits per heavy atom. The predicted octanol–water partition coefficient (Wildman–Crippen LogP) is 33.1. The van der Waals surface area contributed by atoms with E-state index in [4.69, 9.17) is 4.98 Å². The van der Waals surface area contributed by atoms with Crippen LogP contribution in [0.25, 0.3) is 16.7 Å².